The number of hydrogen-bond acceptors (Lipinski definition) is 9. The van der Waals surface area contributed by atoms with Crippen molar-refractivity contribution in [3.63, 3.8) is 0 Å². The number of nitrogens with zero attached hydrogens (tertiary/aromatic N) is 4. The minimum atomic E-state index is -1.45. The number of esters is 1. The van der Waals surface area contributed by atoms with Gasteiger partial charge in [0.2, 0.25) is 35.4 Å². The second kappa shape index (κ2) is 18.4. The van der Waals surface area contributed by atoms with Crippen LogP contribution in [0.1, 0.15) is 70.4 Å². The van der Waals surface area contributed by atoms with Crippen LogP contribution < -0.4 is 20.9 Å². The van der Waals surface area contributed by atoms with Gasteiger partial charge in [-0.05, 0) is 81.5 Å². The smallest absolute Gasteiger partial charge is 0.329 e. The van der Waals surface area contributed by atoms with Gasteiger partial charge in [-0.2, -0.15) is 0 Å². The minimum absolute atomic E-state index is 0.00336. The molecule has 0 radical (unpaired) electrons. The Labute approximate surface area is 340 Å². The summed E-state index contributed by atoms with van der Waals surface area (Å²) in [6, 6.07) is 10.4. The zero-order valence-electron chi connectivity index (χ0n) is 34.1. The van der Waals surface area contributed by atoms with Gasteiger partial charge in [-0.25, -0.2) is 4.79 Å². The fourth-order valence-corrected chi connectivity index (χ4v) is 8.62. The molecule has 6 rings (SSSR count). The van der Waals surface area contributed by atoms with E-state index in [4.69, 9.17) is 4.74 Å². The summed E-state index contributed by atoms with van der Waals surface area (Å²) in [5, 5.41) is 8.50. The van der Waals surface area contributed by atoms with Crippen molar-refractivity contribution >= 4 is 47.1 Å². The maximum absolute atomic E-state index is 14.8. The third kappa shape index (κ3) is 9.62. The third-order valence-corrected chi connectivity index (χ3v) is 11.8. The van der Waals surface area contributed by atoms with Crippen molar-refractivity contribution in [1.82, 2.24) is 30.7 Å². The molecule has 0 unspecified atom stereocenters. The van der Waals surface area contributed by atoms with E-state index in [1.54, 1.807) is 6.92 Å². The molecular weight excluding hydrogens is 743 g/mol. The van der Waals surface area contributed by atoms with Crippen LogP contribution in [0, 0.1) is 5.92 Å². The Morgan fingerprint density at radius 2 is 1.47 bits per heavy atom. The van der Waals surface area contributed by atoms with Crippen LogP contribution in [0.4, 0.5) is 5.69 Å². The summed E-state index contributed by atoms with van der Waals surface area (Å²) in [7, 11) is 3.84. The molecule has 0 bridgehead atoms. The second-order valence-corrected chi connectivity index (χ2v) is 16.5. The van der Waals surface area contributed by atoms with Gasteiger partial charge in [0.15, 0.2) is 0 Å². The quantitative estimate of drug-likeness (QED) is 0.335. The van der Waals surface area contributed by atoms with Gasteiger partial charge in [0, 0.05) is 45.8 Å². The molecule has 4 fully saturated rings. The second-order valence-electron chi connectivity index (χ2n) is 16.5. The normalized spacial score (nSPS) is 27.5. The number of amides is 6. The van der Waals surface area contributed by atoms with Crippen molar-refractivity contribution in [2.75, 3.05) is 38.6 Å². The first-order chi connectivity index (χ1) is 27.7. The van der Waals surface area contributed by atoms with E-state index >= 15 is 0 Å². The first-order valence-corrected chi connectivity index (χ1v) is 20.5. The van der Waals surface area contributed by atoms with Crippen molar-refractivity contribution in [2.24, 2.45) is 5.92 Å². The average molecular weight is 800 g/mol. The fraction of sp³-hybridized carbons (Fsp3) is 0.558. The van der Waals surface area contributed by atoms with Crippen molar-refractivity contribution < 1.29 is 38.3 Å². The van der Waals surface area contributed by atoms with Gasteiger partial charge >= 0.3 is 5.97 Å². The number of rotatable bonds is 8. The number of carbonyl (C=O) groups excluding carboxylic acids is 7. The molecule has 58 heavy (non-hydrogen) atoms. The Hall–Kier alpha value is -5.47. The molecule has 0 saturated carbocycles. The number of benzene rings is 2. The van der Waals surface area contributed by atoms with Crippen molar-refractivity contribution in [2.45, 2.75) is 114 Å². The van der Waals surface area contributed by atoms with Crippen molar-refractivity contribution in [3.05, 3.63) is 65.7 Å². The number of nitrogens with one attached hydrogen (secondary N) is 3. The van der Waals surface area contributed by atoms with E-state index < -0.39 is 77.9 Å². The SMILES string of the molecule is C[C@@H]1C[C@H]2C(=O)O[C@@H](C)[C@H](NC(=O)[C@H](Cc3ccccc3)NC(=O)Cc3ccc(N(C)C)cc3)C(=O)N3CCC[C@H]3C(=O)N3CCCC[C@H]3C(=O)N[C@@H](C)C(=O)N2C1. The van der Waals surface area contributed by atoms with E-state index in [9.17, 15) is 33.6 Å². The third-order valence-electron chi connectivity index (χ3n) is 11.8. The summed E-state index contributed by atoms with van der Waals surface area (Å²) in [5.74, 6) is -3.80. The maximum Gasteiger partial charge on any atom is 0.329 e. The van der Waals surface area contributed by atoms with Gasteiger partial charge < -0.3 is 40.3 Å². The van der Waals surface area contributed by atoms with Crippen LogP contribution in [0.3, 0.4) is 0 Å². The van der Waals surface area contributed by atoms with Crippen molar-refractivity contribution in [1.29, 1.82) is 0 Å². The fourth-order valence-electron chi connectivity index (χ4n) is 8.62. The zero-order valence-corrected chi connectivity index (χ0v) is 34.1. The van der Waals surface area contributed by atoms with Gasteiger partial charge in [0.25, 0.3) is 0 Å². The van der Waals surface area contributed by atoms with Crippen LogP contribution in [0.5, 0.6) is 0 Å². The lowest BCUT2D eigenvalue weighted by Gasteiger charge is -2.39. The standard InChI is InChI=1S/C43H57N7O8/c1-26-22-35-43(57)58-28(3)37(46-38(52)32(23-29-12-7-6-8-13-29)45-36(51)24-30-16-18-31(19-17-30)47(4)5)42(56)49-21-11-15-34(49)41(55)48-20-10-9-14-33(48)39(53)44-27(2)40(54)50(35)25-26/h6-8,12-13,16-19,26-28,32-35,37H,9-11,14-15,20-25H2,1-5H3,(H,44,53)(H,45,51)(H,46,52)/t26-,27+,28+,32+,33+,34+,35+,37+/m1/s1. The summed E-state index contributed by atoms with van der Waals surface area (Å²) >= 11 is 0. The number of piperidine rings is 1. The van der Waals surface area contributed by atoms with Gasteiger partial charge in [-0.3, -0.25) is 28.8 Å². The van der Waals surface area contributed by atoms with E-state index in [0.29, 0.717) is 45.1 Å². The topological polar surface area (TPSA) is 178 Å². The van der Waals surface area contributed by atoms with Crippen LogP contribution in [0.2, 0.25) is 0 Å². The molecule has 8 atom stereocenters. The monoisotopic (exact) mass is 799 g/mol. The Kier molecular flexibility index (Phi) is 13.4. The number of carbonyl (C=O) groups is 7. The number of ether oxygens (including phenoxy) is 1. The van der Waals surface area contributed by atoms with E-state index in [-0.39, 0.29) is 37.8 Å². The van der Waals surface area contributed by atoms with Gasteiger partial charge in [0.1, 0.15) is 42.4 Å². The molecule has 4 aliphatic heterocycles. The van der Waals surface area contributed by atoms with Crippen LogP contribution in [0.25, 0.3) is 0 Å². The largest absolute Gasteiger partial charge is 0.458 e. The number of anilines is 1. The highest BCUT2D eigenvalue weighted by molar-refractivity contribution is 5.98. The molecule has 312 valence electrons. The van der Waals surface area contributed by atoms with Gasteiger partial charge in [0.05, 0.1) is 6.42 Å². The molecule has 15 heteroatoms. The summed E-state index contributed by atoms with van der Waals surface area (Å²) in [6.07, 6.45) is 1.83. The average Bonchev–Trinajstić information content (AvgIpc) is 3.86. The molecule has 0 aromatic heterocycles. The van der Waals surface area contributed by atoms with E-state index in [2.05, 4.69) is 16.0 Å². The highest BCUT2D eigenvalue weighted by Gasteiger charge is 2.47. The number of fused-ring (bicyclic) bond motifs is 3. The lowest BCUT2D eigenvalue weighted by atomic mass is 9.99. The van der Waals surface area contributed by atoms with Gasteiger partial charge in [-0.15, -0.1) is 0 Å². The molecule has 3 N–H and O–H groups in total. The summed E-state index contributed by atoms with van der Waals surface area (Å²) < 4.78 is 5.98. The summed E-state index contributed by atoms with van der Waals surface area (Å²) in [5.41, 5.74) is 2.48. The molecule has 2 aromatic rings. The van der Waals surface area contributed by atoms with Crippen LogP contribution >= 0.6 is 0 Å². The molecule has 4 saturated heterocycles. The number of cyclic esters (lactones) is 1. The van der Waals surface area contributed by atoms with E-state index in [0.717, 1.165) is 16.8 Å². The van der Waals surface area contributed by atoms with E-state index in [1.807, 2.05) is 80.5 Å². The zero-order chi connectivity index (χ0) is 41.7. The molecule has 4 aliphatic rings. The molecule has 15 nitrogen and oxygen atoms in total. The predicted molar refractivity (Wildman–Crippen MR) is 215 cm³/mol. The van der Waals surface area contributed by atoms with Crippen molar-refractivity contribution in [3.8, 4) is 0 Å². The maximum atomic E-state index is 14.8. The highest BCUT2D eigenvalue weighted by Crippen LogP contribution is 2.29. The lowest BCUT2D eigenvalue weighted by Crippen LogP contribution is -2.63. The Morgan fingerprint density at radius 1 is 0.793 bits per heavy atom. The molecule has 0 spiro atoms. The lowest BCUT2D eigenvalue weighted by molar-refractivity contribution is -0.163. The minimum Gasteiger partial charge on any atom is -0.458 e. The molecule has 0 aliphatic carbocycles. The molecular formula is C43H57N7O8. The Bertz CT molecular complexity index is 1860. The van der Waals surface area contributed by atoms with Crippen LogP contribution in [0.15, 0.2) is 54.6 Å². The van der Waals surface area contributed by atoms with E-state index in [1.165, 1.54) is 21.6 Å². The highest BCUT2D eigenvalue weighted by atomic mass is 16.5. The summed E-state index contributed by atoms with van der Waals surface area (Å²) in [6.45, 7) is 5.78. The van der Waals surface area contributed by atoms with Crippen LogP contribution in [-0.4, -0.2) is 132 Å². The molecule has 2 aromatic carbocycles. The number of hydrogen-bond donors (Lipinski definition) is 3. The molecule has 4 heterocycles. The first-order valence-electron chi connectivity index (χ1n) is 20.5. The van der Waals surface area contributed by atoms with Crippen LogP contribution in [-0.2, 0) is 51.1 Å². The van der Waals surface area contributed by atoms with Gasteiger partial charge in [-0.1, -0.05) is 49.4 Å². The molecule has 6 amide bonds. The predicted octanol–water partition coefficient (Wildman–Crippen LogP) is 1.57. The Balaban J connectivity index is 1.31. The first kappa shape index (κ1) is 42.1. The summed E-state index contributed by atoms with van der Waals surface area (Å²) in [4.78, 5) is 105. The Morgan fingerprint density at radius 3 is 2.17 bits per heavy atom.